The number of nitrogens with zero attached hydrogens (tertiary/aromatic N) is 4. The molecular weight excluding hydrogens is 348 g/mol. The van der Waals surface area contributed by atoms with Crippen LogP contribution in [0, 0.1) is 6.92 Å². The normalized spacial score (nSPS) is 11.2. The summed E-state index contributed by atoms with van der Waals surface area (Å²) in [5, 5.41) is 5.25. The highest BCUT2D eigenvalue weighted by molar-refractivity contribution is 7.98. The van der Waals surface area contributed by atoms with Crippen LogP contribution in [0.5, 0.6) is 0 Å². The molecule has 0 unspecified atom stereocenters. The molecule has 0 aliphatic carbocycles. The standard InChI is InChI=1S/C19H16N4O2S/c1-12-7-9-13(10-8-12)17-21-16(22-25-17)11-26-19-20-15-6-4-3-5-14(15)18(24)23(19)2/h3-10H,11H2,1-2H3. The maximum absolute atomic E-state index is 12.4. The molecule has 130 valence electrons. The monoisotopic (exact) mass is 364 g/mol. The van der Waals surface area contributed by atoms with Gasteiger partial charge >= 0.3 is 0 Å². The van der Waals surface area contributed by atoms with Gasteiger partial charge in [-0.2, -0.15) is 4.98 Å². The van der Waals surface area contributed by atoms with Gasteiger partial charge in [0.2, 0.25) is 0 Å². The average molecular weight is 364 g/mol. The highest BCUT2D eigenvalue weighted by Gasteiger charge is 2.12. The van der Waals surface area contributed by atoms with Crippen LogP contribution in [0.15, 0.2) is 63.0 Å². The molecule has 0 aliphatic heterocycles. The summed E-state index contributed by atoms with van der Waals surface area (Å²) in [5.74, 6) is 1.52. The molecule has 0 radical (unpaired) electrons. The first kappa shape index (κ1) is 16.5. The zero-order valence-electron chi connectivity index (χ0n) is 14.3. The van der Waals surface area contributed by atoms with Crippen LogP contribution in [0.4, 0.5) is 0 Å². The molecule has 0 atom stereocenters. The van der Waals surface area contributed by atoms with E-state index in [0.717, 1.165) is 5.56 Å². The van der Waals surface area contributed by atoms with E-state index in [1.165, 1.54) is 17.3 Å². The van der Waals surface area contributed by atoms with Crippen LogP contribution in [0.1, 0.15) is 11.4 Å². The third-order valence-corrected chi connectivity index (χ3v) is 5.06. The minimum absolute atomic E-state index is 0.0634. The molecule has 6 nitrogen and oxygen atoms in total. The summed E-state index contributed by atoms with van der Waals surface area (Å²) in [5.41, 5.74) is 2.68. The van der Waals surface area contributed by atoms with E-state index in [9.17, 15) is 4.79 Å². The van der Waals surface area contributed by atoms with Crippen molar-refractivity contribution in [1.29, 1.82) is 0 Å². The lowest BCUT2D eigenvalue weighted by atomic mass is 10.1. The molecule has 0 bridgehead atoms. The van der Waals surface area contributed by atoms with E-state index in [-0.39, 0.29) is 5.56 Å². The summed E-state index contributed by atoms with van der Waals surface area (Å²) in [6.45, 7) is 2.03. The van der Waals surface area contributed by atoms with Crippen molar-refractivity contribution in [3.05, 3.63) is 70.3 Å². The van der Waals surface area contributed by atoms with Crippen molar-refractivity contribution in [1.82, 2.24) is 19.7 Å². The first-order valence-electron chi connectivity index (χ1n) is 8.10. The Morgan fingerprint density at radius 3 is 2.65 bits per heavy atom. The summed E-state index contributed by atoms with van der Waals surface area (Å²) in [4.78, 5) is 21.4. The molecule has 2 aromatic heterocycles. The fourth-order valence-corrected chi connectivity index (χ4v) is 3.40. The van der Waals surface area contributed by atoms with Gasteiger partial charge in [0, 0.05) is 12.6 Å². The molecule has 26 heavy (non-hydrogen) atoms. The smallest absolute Gasteiger partial charge is 0.261 e. The molecular formula is C19H16N4O2S. The SMILES string of the molecule is Cc1ccc(-c2nc(CSc3nc4ccccc4c(=O)n3C)no2)cc1. The van der Waals surface area contributed by atoms with Gasteiger partial charge in [-0.1, -0.05) is 46.7 Å². The van der Waals surface area contributed by atoms with E-state index in [1.807, 2.05) is 49.4 Å². The molecule has 2 heterocycles. The van der Waals surface area contributed by atoms with Crippen LogP contribution in [-0.4, -0.2) is 19.7 Å². The zero-order chi connectivity index (χ0) is 18.1. The second kappa shape index (κ2) is 6.76. The Labute approximate surface area is 153 Å². The maximum Gasteiger partial charge on any atom is 0.261 e. The summed E-state index contributed by atoms with van der Waals surface area (Å²) < 4.78 is 6.89. The molecule has 7 heteroatoms. The van der Waals surface area contributed by atoms with Gasteiger partial charge in [-0.15, -0.1) is 0 Å². The number of fused-ring (bicyclic) bond motifs is 1. The molecule has 0 aliphatic rings. The highest BCUT2D eigenvalue weighted by atomic mass is 32.2. The van der Waals surface area contributed by atoms with Gasteiger partial charge in [0.25, 0.3) is 11.4 Å². The lowest BCUT2D eigenvalue weighted by Crippen LogP contribution is -2.19. The van der Waals surface area contributed by atoms with Crippen LogP contribution < -0.4 is 5.56 Å². The van der Waals surface area contributed by atoms with Crippen LogP contribution in [-0.2, 0) is 12.8 Å². The number of benzene rings is 2. The van der Waals surface area contributed by atoms with Crippen molar-refractivity contribution < 1.29 is 4.52 Å². The Kier molecular flexibility index (Phi) is 4.30. The molecule has 0 spiro atoms. The fourth-order valence-electron chi connectivity index (χ4n) is 2.58. The third-order valence-electron chi connectivity index (χ3n) is 4.04. The molecule has 0 saturated carbocycles. The average Bonchev–Trinajstić information content (AvgIpc) is 3.13. The van der Waals surface area contributed by atoms with Crippen molar-refractivity contribution >= 4 is 22.7 Å². The molecule has 0 fully saturated rings. The largest absolute Gasteiger partial charge is 0.334 e. The van der Waals surface area contributed by atoms with E-state index in [1.54, 1.807) is 17.7 Å². The first-order chi connectivity index (χ1) is 12.6. The van der Waals surface area contributed by atoms with Crippen molar-refractivity contribution in [2.75, 3.05) is 0 Å². The Morgan fingerprint density at radius 1 is 1.08 bits per heavy atom. The number of aromatic nitrogens is 4. The minimum atomic E-state index is -0.0634. The van der Waals surface area contributed by atoms with Gasteiger partial charge in [-0.25, -0.2) is 4.98 Å². The quantitative estimate of drug-likeness (QED) is 0.407. The van der Waals surface area contributed by atoms with Crippen molar-refractivity contribution in [2.24, 2.45) is 7.05 Å². The number of aryl methyl sites for hydroxylation is 1. The Hall–Kier alpha value is -2.93. The first-order valence-corrected chi connectivity index (χ1v) is 9.08. The molecule has 4 aromatic rings. The minimum Gasteiger partial charge on any atom is -0.334 e. The summed E-state index contributed by atoms with van der Waals surface area (Å²) in [7, 11) is 1.72. The van der Waals surface area contributed by atoms with E-state index in [4.69, 9.17) is 4.52 Å². The lowest BCUT2D eigenvalue weighted by molar-refractivity contribution is 0.425. The van der Waals surface area contributed by atoms with E-state index < -0.39 is 0 Å². The second-order valence-electron chi connectivity index (χ2n) is 5.95. The number of thioether (sulfide) groups is 1. The maximum atomic E-state index is 12.4. The number of hydrogen-bond donors (Lipinski definition) is 0. The topological polar surface area (TPSA) is 73.8 Å². The zero-order valence-corrected chi connectivity index (χ0v) is 15.2. The number of hydrogen-bond acceptors (Lipinski definition) is 6. The van der Waals surface area contributed by atoms with Crippen molar-refractivity contribution in [3.63, 3.8) is 0 Å². The van der Waals surface area contributed by atoms with Gasteiger partial charge < -0.3 is 4.52 Å². The van der Waals surface area contributed by atoms with Crippen LogP contribution in [0.25, 0.3) is 22.4 Å². The Bertz CT molecular complexity index is 1130. The lowest BCUT2D eigenvalue weighted by Gasteiger charge is -2.07. The van der Waals surface area contributed by atoms with Gasteiger partial charge in [-0.05, 0) is 31.2 Å². The molecule has 0 saturated heterocycles. The third kappa shape index (κ3) is 3.13. The van der Waals surface area contributed by atoms with Gasteiger partial charge in [0.15, 0.2) is 11.0 Å². The van der Waals surface area contributed by atoms with Crippen LogP contribution in [0.3, 0.4) is 0 Å². The summed E-state index contributed by atoms with van der Waals surface area (Å²) >= 11 is 1.41. The molecule has 4 rings (SSSR count). The number of para-hydroxylation sites is 1. The molecule has 0 amide bonds. The Balaban J connectivity index is 1.56. The van der Waals surface area contributed by atoms with Gasteiger partial charge in [-0.3, -0.25) is 9.36 Å². The highest BCUT2D eigenvalue weighted by Crippen LogP contribution is 2.23. The van der Waals surface area contributed by atoms with Gasteiger partial charge in [0.1, 0.15) is 0 Å². The van der Waals surface area contributed by atoms with E-state index >= 15 is 0 Å². The summed E-state index contributed by atoms with van der Waals surface area (Å²) in [6, 6.07) is 15.2. The van der Waals surface area contributed by atoms with E-state index in [2.05, 4.69) is 15.1 Å². The van der Waals surface area contributed by atoms with Crippen molar-refractivity contribution in [2.45, 2.75) is 17.8 Å². The molecule has 2 aromatic carbocycles. The predicted molar refractivity (Wildman–Crippen MR) is 101 cm³/mol. The van der Waals surface area contributed by atoms with E-state index in [0.29, 0.717) is 33.5 Å². The number of rotatable bonds is 4. The van der Waals surface area contributed by atoms with Gasteiger partial charge in [0.05, 0.1) is 16.7 Å². The predicted octanol–water partition coefficient (Wildman–Crippen LogP) is 3.58. The van der Waals surface area contributed by atoms with Crippen LogP contribution in [0.2, 0.25) is 0 Å². The van der Waals surface area contributed by atoms with Crippen LogP contribution >= 0.6 is 11.8 Å². The molecule has 0 N–H and O–H groups in total. The van der Waals surface area contributed by atoms with Crippen molar-refractivity contribution in [3.8, 4) is 11.5 Å². The Morgan fingerprint density at radius 2 is 1.85 bits per heavy atom. The second-order valence-corrected chi connectivity index (χ2v) is 6.89. The fraction of sp³-hybridized carbons (Fsp3) is 0.158. The summed E-state index contributed by atoms with van der Waals surface area (Å²) in [6.07, 6.45) is 0.